The molecule has 1 aromatic carbocycles. The number of carbonyl (C=O) groups is 1. The number of ether oxygens (including phenoxy) is 2. The first-order valence-electron chi connectivity index (χ1n) is 5.42. The van der Waals surface area contributed by atoms with E-state index >= 15 is 0 Å². The van der Waals surface area contributed by atoms with Gasteiger partial charge >= 0.3 is 5.97 Å². The molecule has 1 aliphatic rings. The Kier molecular flexibility index (Phi) is 3.86. The first-order valence-corrected chi connectivity index (χ1v) is 5.79. The Balaban J connectivity index is 1.82. The number of halogens is 1. The van der Waals surface area contributed by atoms with E-state index in [4.69, 9.17) is 26.2 Å². The first-order chi connectivity index (χ1) is 8.15. The predicted molar refractivity (Wildman–Crippen MR) is 62.5 cm³/mol. The molecule has 1 aliphatic heterocycles. The lowest BCUT2D eigenvalue weighted by molar-refractivity contribution is -0.149. The quantitative estimate of drug-likeness (QED) is 0.898. The number of rotatable bonds is 4. The van der Waals surface area contributed by atoms with Gasteiger partial charge in [-0.2, -0.15) is 0 Å². The summed E-state index contributed by atoms with van der Waals surface area (Å²) < 4.78 is 10.8. The van der Waals surface area contributed by atoms with Crippen molar-refractivity contribution in [1.82, 2.24) is 0 Å². The largest absolute Gasteiger partial charge is 0.491 e. The van der Waals surface area contributed by atoms with Crippen molar-refractivity contribution in [2.45, 2.75) is 25.0 Å². The molecule has 0 radical (unpaired) electrons. The van der Waals surface area contributed by atoms with Gasteiger partial charge in [-0.1, -0.05) is 17.7 Å². The summed E-state index contributed by atoms with van der Waals surface area (Å²) in [5.74, 6) is -0.241. The minimum Gasteiger partial charge on any atom is -0.491 e. The van der Waals surface area contributed by atoms with Gasteiger partial charge in [-0.3, -0.25) is 0 Å². The molecule has 1 saturated heterocycles. The highest BCUT2D eigenvalue weighted by Crippen LogP contribution is 2.22. The Morgan fingerprint density at radius 3 is 3.00 bits per heavy atom. The third-order valence-corrected chi connectivity index (χ3v) is 2.85. The minimum atomic E-state index is -0.907. The van der Waals surface area contributed by atoms with Crippen LogP contribution < -0.4 is 4.74 Å². The van der Waals surface area contributed by atoms with Crippen molar-refractivity contribution in [1.29, 1.82) is 0 Å². The van der Waals surface area contributed by atoms with Crippen LogP contribution >= 0.6 is 11.6 Å². The zero-order valence-electron chi connectivity index (χ0n) is 9.14. The lowest BCUT2D eigenvalue weighted by atomic mass is 10.2. The van der Waals surface area contributed by atoms with Gasteiger partial charge < -0.3 is 14.6 Å². The third-order valence-electron chi connectivity index (χ3n) is 2.61. The first kappa shape index (κ1) is 12.2. The fourth-order valence-electron chi connectivity index (χ4n) is 1.76. The highest BCUT2D eigenvalue weighted by Gasteiger charge is 2.30. The summed E-state index contributed by atoms with van der Waals surface area (Å²) >= 11 is 5.82. The second-order valence-corrected chi connectivity index (χ2v) is 4.37. The molecule has 1 fully saturated rings. The molecule has 0 amide bonds. The Morgan fingerprint density at radius 2 is 2.35 bits per heavy atom. The van der Waals surface area contributed by atoms with Crippen molar-refractivity contribution in [3.8, 4) is 5.75 Å². The van der Waals surface area contributed by atoms with Gasteiger partial charge in [0.05, 0.1) is 6.10 Å². The molecule has 0 spiro atoms. The van der Waals surface area contributed by atoms with E-state index in [-0.39, 0.29) is 6.10 Å². The maximum Gasteiger partial charge on any atom is 0.332 e. The van der Waals surface area contributed by atoms with Crippen LogP contribution in [0.2, 0.25) is 5.02 Å². The lowest BCUT2D eigenvalue weighted by Gasteiger charge is -2.12. The van der Waals surface area contributed by atoms with Gasteiger partial charge in [0.2, 0.25) is 0 Å². The van der Waals surface area contributed by atoms with Crippen molar-refractivity contribution in [3.63, 3.8) is 0 Å². The summed E-state index contributed by atoms with van der Waals surface area (Å²) in [6, 6.07) is 7.08. The molecule has 1 heterocycles. The summed E-state index contributed by atoms with van der Waals surface area (Å²) in [7, 11) is 0. The normalized spacial score (nSPS) is 23.6. The van der Waals surface area contributed by atoms with Gasteiger partial charge in [0, 0.05) is 5.02 Å². The smallest absolute Gasteiger partial charge is 0.332 e. The standard InChI is InChI=1S/C12H13ClO4/c13-8-2-1-3-9(6-8)16-7-10-4-5-11(17-10)12(14)15/h1-3,6,10-11H,4-5,7H2,(H,14,15). The van der Waals surface area contributed by atoms with Crippen LogP contribution in [0.25, 0.3) is 0 Å². The molecule has 0 saturated carbocycles. The summed E-state index contributed by atoms with van der Waals surface area (Å²) in [4.78, 5) is 10.7. The SMILES string of the molecule is O=C(O)C1CCC(COc2cccc(Cl)c2)O1. The van der Waals surface area contributed by atoms with Gasteiger partial charge in [0.25, 0.3) is 0 Å². The van der Waals surface area contributed by atoms with Crippen molar-refractivity contribution in [2.24, 2.45) is 0 Å². The van der Waals surface area contributed by atoms with E-state index < -0.39 is 12.1 Å². The van der Waals surface area contributed by atoms with Gasteiger partial charge in [-0.15, -0.1) is 0 Å². The highest BCUT2D eigenvalue weighted by molar-refractivity contribution is 6.30. The summed E-state index contributed by atoms with van der Waals surface area (Å²) in [6.45, 7) is 0.351. The second-order valence-electron chi connectivity index (χ2n) is 3.93. The molecule has 92 valence electrons. The number of aliphatic carboxylic acids is 1. The molecule has 5 heteroatoms. The van der Waals surface area contributed by atoms with Crippen LogP contribution in [0.1, 0.15) is 12.8 Å². The van der Waals surface area contributed by atoms with Gasteiger partial charge in [-0.05, 0) is 31.0 Å². The summed E-state index contributed by atoms with van der Waals surface area (Å²) in [5.41, 5.74) is 0. The Labute approximate surface area is 104 Å². The number of benzene rings is 1. The third kappa shape index (κ3) is 3.35. The van der Waals surface area contributed by atoms with Crippen molar-refractivity contribution in [3.05, 3.63) is 29.3 Å². The fraction of sp³-hybridized carbons (Fsp3) is 0.417. The van der Waals surface area contributed by atoms with Crippen molar-refractivity contribution >= 4 is 17.6 Å². The molecule has 2 unspecified atom stereocenters. The molecule has 0 aliphatic carbocycles. The average Bonchev–Trinajstić information content (AvgIpc) is 2.75. The Bertz CT molecular complexity index is 407. The average molecular weight is 257 g/mol. The van der Waals surface area contributed by atoms with Crippen LogP contribution in [0.5, 0.6) is 5.75 Å². The molecule has 2 rings (SSSR count). The molecule has 0 bridgehead atoms. The van der Waals surface area contributed by atoms with E-state index in [9.17, 15) is 4.79 Å². The predicted octanol–water partition coefficient (Wildman–Crippen LogP) is 2.35. The maximum atomic E-state index is 10.7. The number of hydrogen-bond acceptors (Lipinski definition) is 3. The van der Waals surface area contributed by atoms with Crippen LogP contribution in [0.15, 0.2) is 24.3 Å². The van der Waals surface area contributed by atoms with E-state index in [1.807, 2.05) is 0 Å². The van der Waals surface area contributed by atoms with Crippen LogP contribution in [-0.4, -0.2) is 29.9 Å². The Hall–Kier alpha value is -1.26. The van der Waals surface area contributed by atoms with Gasteiger partial charge in [0.15, 0.2) is 6.10 Å². The van der Waals surface area contributed by atoms with E-state index in [1.54, 1.807) is 24.3 Å². The highest BCUT2D eigenvalue weighted by atomic mass is 35.5. The van der Waals surface area contributed by atoms with Crippen LogP contribution in [-0.2, 0) is 9.53 Å². The molecule has 17 heavy (non-hydrogen) atoms. The van der Waals surface area contributed by atoms with Crippen LogP contribution in [0, 0.1) is 0 Å². The maximum absolute atomic E-state index is 10.7. The monoisotopic (exact) mass is 256 g/mol. The molecule has 2 atom stereocenters. The van der Waals surface area contributed by atoms with E-state index in [1.165, 1.54) is 0 Å². The van der Waals surface area contributed by atoms with Crippen molar-refractivity contribution in [2.75, 3.05) is 6.61 Å². The molecular weight excluding hydrogens is 244 g/mol. The van der Waals surface area contributed by atoms with E-state index in [0.717, 1.165) is 0 Å². The molecule has 1 aromatic rings. The van der Waals surface area contributed by atoms with Crippen molar-refractivity contribution < 1.29 is 19.4 Å². The number of carboxylic acids is 1. The number of hydrogen-bond donors (Lipinski definition) is 1. The van der Waals surface area contributed by atoms with Gasteiger partial charge in [0.1, 0.15) is 12.4 Å². The fourth-order valence-corrected chi connectivity index (χ4v) is 1.94. The Morgan fingerprint density at radius 1 is 1.53 bits per heavy atom. The second kappa shape index (κ2) is 5.38. The molecule has 4 nitrogen and oxygen atoms in total. The van der Waals surface area contributed by atoms with E-state index in [2.05, 4.69) is 0 Å². The lowest BCUT2D eigenvalue weighted by Crippen LogP contribution is -2.23. The minimum absolute atomic E-state index is 0.157. The molecule has 1 N–H and O–H groups in total. The summed E-state index contributed by atoms with van der Waals surface area (Å²) in [6.07, 6.45) is 0.397. The van der Waals surface area contributed by atoms with Crippen LogP contribution in [0.4, 0.5) is 0 Å². The zero-order chi connectivity index (χ0) is 12.3. The summed E-state index contributed by atoms with van der Waals surface area (Å²) in [5, 5.41) is 9.38. The number of carboxylic acid groups (broad SMARTS) is 1. The topological polar surface area (TPSA) is 55.8 Å². The van der Waals surface area contributed by atoms with Gasteiger partial charge in [-0.25, -0.2) is 4.79 Å². The zero-order valence-corrected chi connectivity index (χ0v) is 9.89. The van der Waals surface area contributed by atoms with Crippen LogP contribution in [0.3, 0.4) is 0 Å². The molecule has 0 aromatic heterocycles. The molecular formula is C12H13ClO4. The van der Waals surface area contributed by atoms with E-state index in [0.29, 0.717) is 30.2 Å².